The summed E-state index contributed by atoms with van der Waals surface area (Å²) in [6.07, 6.45) is 1.72. The van der Waals surface area contributed by atoms with Gasteiger partial charge < -0.3 is 30.8 Å². The smallest absolute Gasteiger partial charge is 0.247 e. The van der Waals surface area contributed by atoms with Crippen LogP contribution in [0.25, 0.3) is 6.08 Å². The highest BCUT2D eigenvalue weighted by Crippen LogP contribution is 2.20. The van der Waals surface area contributed by atoms with Crippen molar-refractivity contribution in [1.29, 1.82) is 0 Å². The number of nitrogens with one attached hydrogen (secondary N) is 1. The monoisotopic (exact) mass is 357 g/mol. The third kappa shape index (κ3) is 6.43. The van der Waals surface area contributed by atoms with Crippen molar-refractivity contribution in [2.24, 2.45) is 0 Å². The number of aromatic hydroxyl groups is 1. The fourth-order valence-electron chi connectivity index (χ4n) is 2.54. The number of amides is 1. The quantitative estimate of drug-likeness (QED) is 0.340. The van der Waals surface area contributed by atoms with Crippen LogP contribution in [-0.4, -0.2) is 56.5 Å². The second-order valence-electron chi connectivity index (χ2n) is 5.74. The van der Waals surface area contributed by atoms with Crippen molar-refractivity contribution in [3.8, 4) is 5.75 Å². The molecule has 0 bridgehead atoms. The lowest BCUT2D eigenvalue weighted by atomic mass is 9.89. The highest BCUT2D eigenvalue weighted by molar-refractivity contribution is 5.97. The highest BCUT2D eigenvalue weighted by atomic mass is 19.1. The molecule has 0 heterocycles. The van der Waals surface area contributed by atoms with Gasteiger partial charge in [0.25, 0.3) is 0 Å². The van der Waals surface area contributed by atoms with Crippen LogP contribution in [0.5, 0.6) is 5.75 Å². The standard InChI is InChI=1S/C16H20FNO4.CH4O2/c1-9(7-10-5-6-12(19)11(17)8-10)16(22)18-15-13(20)3-2-4-14(15)21;2-1-3/h5-8,13-15,19-21H,2-4H2,1H3,(H,18,22);2-3H,1H2/b9-7+;/t13-,14+,15?;. The Labute approximate surface area is 145 Å². The third-order valence-corrected chi connectivity index (χ3v) is 3.84. The third-order valence-electron chi connectivity index (χ3n) is 3.84. The van der Waals surface area contributed by atoms with Crippen LogP contribution >= 0.6 is 0 Å². The van der Waals surface area contributed by atoms with Gasteiger partial charge in [-0.2, -0.15) is 0 Å². The summed E-state index contributed by atoms with van der Waals surface area (Å²) in [5, 5.41) is 45.7. The van der Waals surface area contributed by atoms with Crippen molar-refractivity contribution < 1.29 is 34.7 Å². The average molecular weight is 357 g/mol. The molecular weight excluding hydrogens is 333 g/mol. The SMILES string of the molecule is C/C(=C\c1ccc(O)c(F)c1)C(=O)NC1[C@H](O)CCC[C@@H]1O.OCO. The van der Waals surface area contributed by atoms with E-state index in [1.54, 1.807) is 6.92 Å². The molecule has 0 radical (unpaired) electrons. The maximum atomic E-state index is 13.3. The first-order valence-electron chi connectivity index (χ1n) is 7.85. The number of aliphatic hydroxyl groups is 4. The van der Waals surface area contributed by atoms with E-state index in [1.807, 2.05) is 0 Å². The summed E-state index contributed by atoms with van der Waals surface area (Å²) in [6, 6.07) is 3.12. The van der Waals surface area contributed by atoms with Gasteiger partial charge in [-0.15, -0.1) is 0 Å². The Morgan fingerprint density at radius 1 is 1.28 bits per heavy atom. The predicted octanol–water partition coefficient (Wildman–Crippen LogP) is 0.254. The molecule has 1 saturated carbocycles. The molecule has 1 aromatic carbocycles. The first kappa shape index (κ1) is 21.0. The van der Waals surface area contributed by atoms with Crippen molar-refractivity contribution in [3.63, 3.8) is 0 Å². The predicted molar refractivity (Wildman–Crippen MR) is 88.8 cm³/mol. The maximum absolute atomic E-state index is 13.3. The molecule has 8 heteroatoms. The van der Waals surface area contributed by atoms with Gasteiger partial charge in [-0.1, -0.05) is 6.07 Å². The van der Waals surface area contributed by atoms with Crippen molar-refractivity contribution in [3.05, 3.63) is 35.2 Å². The van der Waals surface area contributed by atoms with Crippen molar-refractivity contribution in [2.75, 3.05) is 6.79 Å². The number of carbonyl (C=O) groups excluding carboxylic acids is 1. The normalized spacial score (nSPS) is 23.4. The number of hydrogen-bond acceptors (Lipinski definition) is 6. The van der Waals surface area contributed by atoms with Crippen LogP contribution in [0.4, 0.5) is 4.39 Å². The summed E-state index contributed by atoms with van der Waals surface area (Å²) in [6.45, 7) is 0.807. The molecule has 2 rings (SSSR count). The van der Waals surface area contributed by atoms with Gasteiger partial charge in [0, 0.05) is 5.57 Å². The number of hydrogen-bond donors (Lipinski definition) is 6. The summed E-state index contributed by atoms with van der Waals surface area (Å²) in [4.78, 5) is 12.1. The minimum atomic E-state index is -0.772. The lowest BCUT2D eigenvalue weighted by Crippen LogP contribution is -2.53. The van der Waals surface area contributed by atoms with Gasteiger partial charge in [0.15, 0.2) is 11.6 Å². The van der Waals surface area contributed by atoms with Crippen LogP contribution in [0.2, 0.25) is 0 Å². The summed E-state index contributed by atoms with van der Waals surface area (Å²) in [5.41, 5.74) is 0.753. The molecule has 0 spiro atoms. The van der Waals surface area contributed by atoms with Crippen LogP contribution in [0, 0.1) is 5.82 Å². The van der Waals surface area contributed by atoms with E-state index in [1.165, 1.54) is 18.2 Å². The zero-order valence-corrected chi connectivity index (χ0v) is 13.9. The van der Waals surface area contributed by atoms with Crippen LogP contribution in [-0.2, 0) is 4.79 Å². The van der Waals surface area contributed by atoms with E-state index in [0.29, 0.717) is 24.0 Å². The largest absolute Gasteiger partial charge is 0.505 e. The summed E-state index contributed by atoms with van der Waals surface area (Å²) < 4.78 is 13.3. The summed E-state index contributed by atoms with van der Waals surface area (Å²) in [7, 11) is 0. The van der Waals surface area contributed by atoms with Gasteiger partial charge in [-0.05, 0) is 50.0 Å². The van der Waals surface area contributed by atoms with E-state index in [0.717, 1.165) is 12.5 Å². The molecule has 25 heavy (non-hydrogen) atoms. The molecule has 1 aliphatic rings. The van der Waals surface area contributed by atoms with Crippen LogP contribution in [0.1, 0.15) is 31.7 Å². The van der Waals surface area contributed by atoms with Gasteiger partial charge in [0.1, 0.15) is 6.79 Å². The topological polar surface area (TPSA) is 130 Å². The second kappa shape index (κ2) is 10.1. The molecule has 0 aliphatic heterocycles. The van der Waals surface area contributed by atoms with Gasteiger partial charge in [0.2, 0.25) is 5.91 Å². The molecule has 7 nitrogen and oxygen atoms in total. The minimum Gasteiger partial charge on any atom is -0.505 e. The molecule has 6 N–H and O–H groups in total. The Bertz CT molecular complexity index is 597. The Balaban J connectivity index is 0.000000970. The molecule has 3 atom stereocenters. The van der Waals surface area contributed by atoms with E-state index in [9.17, 15) is 19.4 Å². The lowest BCUT2D eigenvalue weighted by Gasteiger charge is -2.32. The molecule has 0 aromatic heterocycles. The Hall–Kier alpha value is -2.00. The lowest BCUT2D eigenvalue weighted by molar-refractivity contribution is -0.121. The fraction of sp³-hybridized carbons (Fsp3) is 0.471. The number of halogens is 1. The summed E-state index contributed by atoms with van der Waals surface area (Å²) >= 11 is 0. The number of rotatable bonds is 3. The van der Waals surface area contributed by atoms with E-state index in [-0.39, 0.29) is 0 Å². The Kier molecular flexibility index (Phi) is 8.50. The molecule has 1 aliphatic carbocycles. The average Bonchev–Trinajstić information content (AvgIpc) is 2.55. The van der Waals surface area contributed by atoms with Gasteiger partial charge in [-0.3, -0.25) is 4.79 Å². The van der Waals surface area contributed by atoms with E-state index in [2.05, 4.69) is 5.32 Å². The van der Waals surface area contributed by atoms with Crippen LogP contribution in [0.3, 0.4) is 0 Å². The van der Waals surface area contributed by atoms with Gasteiger partial charge in [-0.25, -0.2) is 4.39 Å². The molecular formula is C17H24FNO6. The number of aliphatic hydroxyl groups excluding tert-OH is 3. The molecule has 1 aromatic rings. The number of benzene rings is 1. The maximum Gasteiger partial charge on any atom is 0.247 e. The molecule has 0 saturated heterocycles. The van der Waals surface area contributed by atoms with Crippen LogP contribution < -0.4 is 5.32 Å². The Morgan fingerprint density at radius 2 is 1.84 bits per heavy atom. The fourth-order valence-corrected chi connectivity index (χ4v) is 2.54. The summed E-state index contributed by atoms with van der Waals surface area (Å²) in [5.74, 6) is -1.65. The van der Waals surface area contributed by atoms with Crippen molar-refractivity contribution >= 4 is 12.0 Å². The van der Waals surface area contributed by atoms with E-state index in [4.69, 9.17) is 15.3 Å². The van der Waals surface area contributed by atoms with E-state index >= 15 is 0 Å². The number of carbonyl (C=O) groups is 1. The minimum absolute atomic E-state index is 0.315. The first-order chi connectivity index (χ1) is 11.8. The zero-order chi connectivity index (χ0) is 19.0. The first-order valence-corrected chi connectivity index (χ1v) is 7.85. The molecule has 1 amide bonds. The molecule has 1 fully saturated rings. The van der Waals surface area contributed by atoms with Crippen molar-refractivity contribution in [2.45, 2.75) is 44.4 Å². The van der Waals surface area contributed by atoms with E-state index < -0.39 is 42.5 Å². The number of phenolic OH excluding ortho intramolecular Hbond substituents is 1. The number of phenols is 1. The molecule has 140 valence electrons. The van der Waals surface area contributed by atoms with Crippen LogP contribution in [0.15, 0.2) is 23.8 Å². The van der Waals surface area contributed by atoms with Crippen molar-refractivity contribution in [1.82, 2.24) is 5.32 Å². The zero-order valence-electron chi connectivity index (χ0n) is 13.9. The molecule has 1 unspecified atom stereocenters. The highest BCUT2D eigenvalue weighted by Gasteiger charge is 2.32. The van der Waals surface area contributed by atoms with Gasteiger partial charge >= 0.3 is 0 Å². The second-order valence-corrected chi connectivity index (χ2v) is 5.74. The Morgan fingerprint density at radius 3 is 2.36 bits per heavy atom. The van der Waals surface area contributed by atoms with Gasteiger partial charge in [0.05, 0.1) is 18.2 Å².